The van der Waals surface area contributed by atoms with Gasteiger partial charge in [0.25, 0.3) is 0 Å². The Kier molecular flexibility index (Phi) is 5.35. The number of benzene rings is 2. The Labute approximate surface area is 161 Å². The van der Waals surface area contributed by atoms with Crippen LogP contribution in [0.1, 0.15) is 30.6 Å². The molecule has 1 aliphatic rings. The number of rotatable bonds is 5. The van der Waals surface area contributed by atoms with Gasteiger partial charge in [0.05, 0.1) is 10.6 Å². The first-order valence-corrected chi connectivity index (χ1v) is 10.5. The molecule has 0 spiro atoms. The summed E-state index contributed by atoms with van der Waals surface area (Å²) in [5.74, 6) is 2.63. The third-order valence-corrected chi connectivity index (χ3v) is 6.25. The second-order valence-electron chi connectivity index (χ2n) is 5.77. The summed E-state index contributed by atoms with van der Waals surface area (Å²) in [5, 5.41) is 7.21. The van der Waals surface area contributed by atoms with Crippen molar-refractivity contribution in [2.45, 2.75) is 24.3 Å². The monoisotopic (exact) mass is 432 g/mol. The Morgan fingerprint density at radius 2 is 2.15 bits per heavy atom. The topological polar surface area (TPSA) is 67.8 Å². The van der Waals surface area contributed by atoms with Crippen LogP contribution in [-0.4, -0.2) is 18.8 Å². The highest BCUT2D eigenvalue weighted by atomic mass is 79.9. The van der Waals surface area contributed by atoms with Crippen molar-refractivity contribution in [3.63, 3.8) is 0 Å². The molecule has 1 aliphatic heterocycles. The highest BCUT2D eigenvalue weighted by Gasteiger charge is 2.26. The van der Waals surface area contributed by atoms with Crippen LogP contribution < -0.4 is 5.32 Å². The van der Waals surface area contributed by atoms with Crippen LogP contribution in [0.5, 0.6) is 0 Å². The Balaban J connectivity index is 2.02. The van der Waals surface area contributed by atoms with Gasteiger partial charge in [0.15, 0.2) is 15.9 Å². The van der Waals surface area contributed by atoms with Crippen molar-refractivity contribution in [1.82, 2.24) is 0 Å². The fourth-order valence-corrected chi connectivity index (χ4v) is 3.93. The SMILES string of the molecule is C#Cc1cccc(Nc2ccc(S(=O)(=O)CC)cc2C2CC(Br)=NO2)c1. The Hall–Kier alpha value is -2.30. The molecule has 1 unspecified atom stereocenters. The molecule has 5 nitrogen and oxygen atoms in total. The van der Waals surface area contributed by atoms with Gasteiger partial charge in [-0.05, 0) is 52.3 Å². The molecular weight excluding hydrogens is 416 g/mol. The van der Waals surface area contributed by atoms with E-state index in [0.717, 1.165) is 22.5 Å². The van der Waals surface area contributed by atoms with E-state index in [1.54, 1.807) is 25.1 Å². The van der Waals surface area contributed by atoms with Gasteiger partial charge in [-0.25, -0.2) is 8.42 Å². The predicted octanol–water partition coefficient (Wildman–Crippen LogP) is 4.37. The summed E-state index contributed by atoms with van der Waals surface area (Å²) in [5.41, 5.74) is 3.04. The molecule has 134 valence electrons. The van der Waals surface area contributed by atoms with Crippen molar-refractivity contribution in [1.29, 1.82) is 0 Å². The number of halogens is 1. The first-order chi connectivity index (χ1) is 12.4. The average Bonchev–Trinajstić information content (AvgIpc) is 3.08. The van der Waals surface area contributed by atoms with Gasteiger partial charge in [-0.15, -0.1) is 6.42 Å². The van der Waals surface area contributed by atoms with Crippen LogP contribution in [-0.2, 0) is 14.7 Å². The van der Waals surface area contributed by atoms with Crippen molar-refractivity contribution < 1.29 is 13.3 Å². The fraction of sp³-hybridized carbons (Fsp3) is 0.211. The standard InChI is InChI=1S/C19H17BrN2O3S/c1-3-13-6-5-7-14(10-13)21-17-9-8-15(26(23,24)4-2)11-16(17)18-12-19(20)22-25-18/h1,5-11,18,21H,4,12H2,2H3. The lowest BCUT2D eigenvalue weighted by Crippen LogP contribution is -2.08. The van der Waals surface area contributed by atoms with Gasteiger partial charge in [0.2, 0.25) is 0 Å². The molecule has 0 bridgehead atoms. The minimum Gasteiger partial charge on any atom is -0.386 e. The average molecular weight is 433 g/mol. The first-order valence-electron chi connectivity index (χ1n) is 8.01. The number of nitrogens with zero attached hydrogens (tertiary/aromatic N) is 1. The van der Waals surface area contributed by atoms with E-state index >= 15 is 0 Å². The number of sulfone groups is 1. The molecule has 0 amide bonds. The second kappa shape index (κ2) is 7.52. The largest absolute Gasteiger partial charge is 0.386 e. The van der Waals surface area contributed by atoms with E-state index in [4.69, 9.17) is 11.3 Å². The molecule has 1 atom stereocenters. The van der Waals surface area contributed by atoms with E-state index in [9.17, 15) is 8.42 Å². The first kappa shape index (κ1) is 18.5. The maximum atomic E-state index is 12.3. The van der Waals surface area contributed by atoms with Crippen molar-refractivity contribution >= 4 is 41.8 Å². The van der Waals surface area contributed by atoms with Crippen LogP contribution in [0.3, 0.4) is 0 Å². The number of nitrogens with one attached hydrogen (secondary N) is 1. The van der Waals surface area contributed by atoms with Crippen molar-refractivity contribution in [2.75, 3.05) is 11.1 Å². The number of hydrogen-bond donors (Lipinski definition) is 1. The third kappa shape index (κ3) is 3.92. The molecule has 7 heteroatoms. The Bertz CT molecular complexity index is 1010. The lowest BCUT2D eigenvalue weighted by Gasteiger charge is -2.17. The van der Waals surface area contributed by atoms with Gasteiger partial charge in [-0.3, -0.25) is 0 Å². The highest BCUT2D eigenvalue weighted by Crippen LogP contribution is 2.36. The van der Waals surface area contributed by atoms with Crippen LogP contribution in [0.4, 0.5) is 11.4 Å². The quantitative estimate of drug-likeness (QED) is 0.711. The van der Waals surface area contributed by atoms with Crippen molar-refractivity contribution in [3.05, 3.63) is 53.6 Å². The van der Waals surface area contributed by atoms with Crippen LogP contribution in [0.15, 0.2) is 52.5 Å². The Morgan fingerprint density at radius 1 is 1.35 bits per heavy atom. The zero-order valence-electron chi connectivity index (χ0n) is 14.1. The summed E-state index contributed by atoms with van der Waals surface area (Å²) in [7, 11) is -3.32. The lowest BCUT2D eigenvalue weighted by molar-refractivity contribution is 0.0861. The van der Waals surface area contributed by atoms with E-state index in [1.807, 2.05) is 24.3 Å². The van der Waals surface area contributed by atoms with Crippen LogP contribution >= 0.6 is 15.9 Å². The Morgan fingerprint density at radius 3 is 2.81 bits per heavy atom. The molecular formula is C19H17BrN2O3S. The third-order valence-electron chi connectivity index (χ3n) is 4.05. The lowest BCUT2D eigenvalue weighted by atomic mass is 10.0. The molecule has 1 heterocycles. The van der Waals surface area contributed by atoms with Gasteiger partial charge in [-0.2, -0.15) is 0 Å². The van der Waals surface area contributed by atoms with Gasteiger partial charge in [0.1, 0.15) is 4.62 Å². The van der Waals surface area contributed by atoms with Crippen LogP contribution in [0.25, 0.3) is 0 Å². The molecule has 1 N–H and O–H groups in total. The minimum absolute atomic E-state index is 0.0369. The molecule has 0 saturated heterocycles. The van der Waals surface area contributed by atoms with Crippen molar-refractivity contribution in [2.24, 2.45) is 5.16 Å². The molecule has 0 aliphatic carbocycles. The molecule has 2 aromatic carbocycles. The van der Waals surface area contributed by atoms with E-state index in [0.29, 0.717) is 11.0 Å². The number of oxime groups is 1. The normalized spacial score (nSPS) is 16.5. The molecule has 3 rings (SSSR count). The van der Waals surface area contributed by atoms with E-state index in [2.05, 4.69) is 32.3 Å². The zero-order valence-corrected chi connectivity index (χ0v) is 16.5. The number of anilines is 2. The minimum atomic E-state index is -3.32. The second-order valence-corrected chi connectivity index (χ2v) is 8.96. The fourth-order valence-electron chi connectivity index (χ4n) is 2.64. The zero-order chi connectivity index (χ0) is 18.7. The van der Waals surface area contributed by atoms with E-state index < -0.39 is 9.84 Å². The summed E-state index contributed by atoms with van der Waals surface area (Å²) in [6, 6.07) is 12.4. The van der Waals surface area contributed by atoms with Crippen LogP contribution in [0.2, 0.25) is 0 Å². The molecule has 0 radical (unpaired) electrons. The van der Waals surface area contributed by atoms with E-state index in [1.165, 1.54) is 0 Å². The van der Waals surface area contributed by atoms with Gasteiger partial charge in [-0.1, -0.05) is 24.1 Å². The highest BCUT2D eigenvalue weighted by molar-refractivity contribution is 9.18. The van der Waals surface area contributed by atoms with Gasteiger partial charge < -0.3 is 10.2 Å². The molecule has 0 saturated carbocycles. The number of hydrogen-bond acceptors (Lipinski definition) is 5. The molecule has 0 fully saturated rings. The maximum Gasteiger partial charge on any atom is 0.178 e. The molecule has 0 aromatic heterocycles. The van der Waals surface area contributed by atoms with Crippen molar-refractivity contribution in [3.8, 4) is 12.3 Å². The summed E-state index contributed by atoms with van der Waals surface area (Å²) in [4.78, 5) is 5.72. The van der Waals surface area contributed by atoms with Gasteiger partial charge in [0, 0.05) is 28.9 Å². The number of terminal acetylenes is 1. The maximum absolute atomic E-state index is 12.3. The van der Waals surface area contributed by atoms with Gasteiger partial charge >= 0.3 is 0 Å². The summed E-state index contributed by atoms with van der Waals surface area (Å²) < 4.78 is 25.2. The summed E-state index contributed by atoms with van der Waals surface area (Å²) in [6.07, 6.45) is 5.63. The smallest absolute Gasteiger partial charge is 0.178 e. The summed E-state index contributed by atoms with van der Waals surface area (Å²) >= 11 is 3.32. The summed E-state index contributed by atoms with van der Waals surface area (Å²) in [6.45, 7) is 1.62. The molecule has 26 heavy (non-hydrogen) atoms. The predicted molar refractivity (Wildman–Crippen MR) is 107 cm³/mol. The van der Waals surface area contributed by atoms with Crippen LogP contribution in [0, 0.1) is 12.3 Å². The molecule has 2 aromatic rings. The van der Waals surface area contributed by atoms with E-state index in [-0.39, 0.29) is 16.8 Å².